The van der Waals surface area contributed by atoms with Crippen molar-refractivity contribution in [3.05, 3.63) is 35.4 Å². The summed E-state index contributed by atoms with van der Waals surface area (Å²) in [5, 5.41) is 3.76. The lowest BCUT2D eigenvalue weighted by molar-refractivity contribution is 0.522. The van der Waals surface area contributed by atoms with Gasteiger partial charge in [0.05, 0.1) is 0 Å². The number of hydrogen-bond donors (Lipinski definition) is 1. The van der Waals surface area contributed by atoms with E-state index < -0.39 is 0 Å². The lowest BCUT2D eigenvalue weighted by Crippen LogP contribution is -2.25. The molecule has 18 heavy (non-hydrogen) atoms. The lowest BCUT2D eigenvalue weighted by atomic mass is 10.1. The monoisotopic (exact) mass is 273 g/mol. The van der Waals surface area contributed by atoms with Crippen molar-refractivity contribution >= 4 is 11.8 Å². The average Bonchev–Trinajstić information content (AvgIpc) is 2.32. The number of halogens is 2. The van der Waals surface area contributed by atoms with Crippen LogP contribution in [0, 0.1) is 11.6 Å². The van der Waals surface area contributed by atoms with E-state index in [9.17, 15) is 8.78 Å². The lowest BCUT2D eigenvalue weighted by Gasteiger charge is -2.20. The minimum atomic E-state index is -0.385. The van der Waals surface area contributed by atoms with E-state index in [0.717, 1.165) is 24.8 Å². The Kier molecular flexibility index (Phi) is 6.65. The molecular formula is C14H21F2NS. The predicted octanol–water partition coefficient (Wildman–Crippen LogP) is 4.15. The first kappa shape index (κ1) is 15.4. The molecule has 0 radical (unpaired) electrons. The molecule has 1 N–H and O–H groups in total. The minimum Gasteiger partial charge on any atom is -0.309 e. The van der Waals surface area contributed by atoms with E-state index in [-0.39, 0.29) is 17.7 Å². The maximum Gasteiger partial charge on any atom is 0.128 e. The molecule has 1 aromatic rings. The number of nitrogens with one attached hydrogen (secondary N) is 1. The van der Waals surface area contributed by atoms with Crippen LogP contribution in [0.4, 0.5) is 8.78 Å². The average molecular weight is 273 g/mol. The molecule has 0 aliphatic carbocycles. The van der Waals surface area contributed by atoms with E-state index in [1.165, 1.54) is 12.1 Å². The number of hydrogen-bond acceptors (Lipinski definition) is 2. The van der Waals surface area contributed by atoms with Gasteiger partial charge in [-0.15, -0.1) is 0 Å². The Bertz CT molecular complexity index is 369. The van der Waals surface area contributed by atoms with Crippen LogP contribution in [0.5, 0.6) is 0 Å². The van der Waals surface area contributed by atoms with Crippen LogP contribution < -0.4 is 5.32 Å². The molecule has 1 rings (SSSR count). The third-order valence-corrected chi connectivity index (χ3v) is 3.76. The van der Waals surface area contributed by atoms with E-state index in [2.05, 4.69) is 26.1 Å². The summed E-state index contributed by atoms with van der Waals surface area (Å²) in [5.41, 5.74) is 0.427. The molecule has 0 saturated heterocycles. The Morgan fingerprint density at radius 1 is 1.28 bits per heavy atom. The molecule has 1 atom stereocenters. The molecule has 102 valence electrons. The van der Waals surface area contributed by atoms with Gasteiger partial charge in [0.1, 0.15) is 11.6 Å². The fourth-order valence-electron chi connectivity index (χ4n) is 1.65. The van der Waals surface area contributed by atoms with Crippen LogP contribution in [0.2, 0.25) is 0 Å². The first-order chi connectivity index (χ1) is 8.54. The second-order valence-electron chi connectivity index (χ2n) is 4.55. The molecule has 0 spiro atoms. The van der Waals surface area contributed by atoms with Gasteiger partial charge in [0.25, 0.3) is 0 Å². The van der Waals surface area contributed by atoms with Gasteiger partial charge in [-0.3, -0.25) is 0 Å². The molecule has 1 aromatic carbocycles. The fourth-order valence-corrected chi connectivity index (χ4v) is 2.52. The van der Waals surface area contributed by atoms with E-state index in [0.29, 0.717) is 10.8 Å². The van der Waals surface area contributed by atoms with Gasteiger partial charge >= 0.3 is 0 Å². The maximum atomic E-state index is 13.8. The highest BCUT2D eigenvalue weighted by Gasteiger charge is 2.16. The summed E-state index contributed by atoms with van der Waals surface area (Å²) < 4.78 is 27.0. The van der Waals surface area contributed by atoms with Crippen LogP contribution in [-0.4, -0.2) is 17.5 Å². The highest BCUT2D eigenvalue weighted by atomic mass is 32.2. The van der Waals surface area contributed by atoms with Gasteiger partial charge in [-0.05, 0) is 36.4 Å². The fraction of sp³-hybridized carbons (Fsp3) is 0.571. The molecule has 0 saturated carbocycles. The summed E-state index contributed by atoms with van der Waals surface area (Å²) in [5.74, 6) is 0.0245. The summed E-state index contributed by atoms with van der Waals surface area (Å²) in [7, 11) is 0. The molecule has 0 aromatic heterocycles. The zero-order chi connectivity index (χ0) is 13.5. The Labute approximate surface area is 112 Å². The van der Waals surface area contributed by atoms with Gasteiger partial charge in [-0.25, -0.2) is 8.78 Å². The Morgan fingerprint density at radius 3 is 2.61 bits per heavy atom. The molecule has 1 nitrogen and oxygen atoms in total. The van der Waals surface area contributed by atoms with Crippen LogP contribution in [-0.2, 0) is 0 Å². The predicted molar refractivity (Wildman–Crippen MR) is 75.0 cm³/mol. The van der Waals surface area contributed by atoms with E-state index in [4.69, 9.17) is 0 Å². The van der Waals surface area contributed by atoms with E-state index >= 15 is 0 Å². The van der Waals surface area contributed by atoms with Gasteiger partial charge in [0, 0.05) is 17.4 Å². The smallest absolute Gasteiger partial charge is 0.128 e. The van der Waals surface area contributed by atoms with Crippen LogP contribution in [0.1, 0.15) is 38.8 Å². The zero-order valence-corrected chi connectivity index (χ0v) is 12.0. The highest BCUT2D eigenvalue weighted by Crippen LogP contribution is 2.24. The van der Waals surface area contributed by atoms with Crippen molar-refractivity contribution in [2.75, 3.05) is 12.3 Å². The van der Waals surface area contributed by atoms with Crippen LogP contribution >= 0.6 is 11.8 Å². The normalized spacial score (nSPS) is 13.0. The molecule has 4 heteroatoms. The molecular weight excluding hydrogens is 252 g/mol. The van der Waals surface area contributed by atoms with Crippen molar-refractivity contribution in [3.63, 3.8) is 0 Å². The van der Waals surface area contributed by atoms with E-state index in [1.54, 1.807) is 11.8 Å². The minimum absolute atomic E-state index is 0.131. The number of rotatable bonds is 7. The first-order valence-electron chi connectivity index (χ1n) is 6.34. The summed E-state index contributed by atoms with van der Waals surface area (Å²) in [6.45, 7) is 7.06. The van der Waals surface area contributed by atoms with Gasteiger partial charge in [-0.1, -0.05) is 20.8 Å². The van der Waals surface area contributed by atoms with Crippen LogP contribution in [0.25, 0.3) is 0 Å². The topological polar surface area (TPSA) is 12.0 Å². The Balaban J connectivity index is 2.82. The van der Waals surface area contributed by atoms with Crippen molar-refractivity contribution in [2.24, 2.45) is 0 Å². The largest absolute Gasteiger partial charge is 0.309 e. The molecule has 0 aliphatic rings. The highest BCUT2D eigenvalue weighted by molar-refractivity contribution is 7.99. The summed E-state index contributed by atoms with van der Waals surface area (Å²) >= 11 is 1.75. The standard InChI is InChI=1S/C14H21F2NS/c1-4-7-17-14(9-18-10(2)3)12-8-11(15)5-6-13(12)16/h5-6,8,10,14,17H,4,7,9H2,1-3H3. The molecule has 0 amide bonds. The second kappa shape index (κ2) is 7.74. The van der Waals surface area contributed by atoms with Crippen molar-refractivity contribution in [2.45, 2.75) is 38.5 Å². The van der Waals surface area contributed by atoms with Gasteiger partial charge in [-0.2, -0.15) is 11.8 Å². The quantitative estimate of drug-likeness (QED) is 0.801. The molecule has 1 unspecified atom stereocenters. The third kappa shape index (κ3) is 4.94. The number of thioether (sulfide) groups is 1. The van der Waals surface area contributed by atoms with Crippen molar-refractivity contribution in [1.82, 2.24) is 5.32 Å². The summed E-state index contributed by atoms with van der Waals surface area (Å²) in [6.07, 6.45) is 0.972. The number of benzene rings is 1. The first-order valence-corrected chi connectivity index (χ1v) is 7.39. The Hall–Kier alpha value is -0.610. The van der Waals surface area contributed by atoms with Crippen LogP contribution in [0.15, 0.2) is 18.2 Å². The SMILES string of the molecule is CCCNC(CSC(C)C)c1cc(F)ccc1F. The molecule has 0 aliphatic heterocycles. The van der Waals surface area contributed by atoms with Crippen molar-refractivity contribution < 1.29 is 8.78 Å². The Morgan fingerprint density at radius 2 is 2.00 bits per heavy atom. The zero-order valence-electron chi connectivity index (χ0n) is 11.2. The molecule has 0 fully saturated rings. The van der Waals surface area contributed by atoms with Gasteiger partial charge in [0.15, 0.2) is 0 Å². The molecule has 0 heterocycles. The van der Waals surface area contributed by atoms with Gasteiger partial charge < -0.3 is 5.32 Å². The van der Waals surface area contributed by atoms with E-state index in [1.807, 2.05) is 0 Å². The van der Waals surface area contributed by atoms with Gasteiger partial charge in [0.2, 0.25) is 0 Å². The maximum absolute atomic E-state index is 13.8. The summed E-state index contributed by atoms with van der Waals surface area (Å²) in [4.78, 5) is 0. The van der Waals surface area contributed by atoms with Crippen molar-refractivity contribution in [1.29, 1.82) is 0 Å². The van der Waals surface area contributed by atoms with Crippen molar-refractivity contribution in [3.8, 4) is 0 Å². The van der Waals surface area contributed by atoms with Crippen LogP contribution in [0.3, 0.4) is 0 Å². The molecule has 0 bridgehead atoms. The second-order valence-corrected chi connectivity index (χ2v) is 6.16. The summed E-state index contributed by atoms with van der Waals surface area (Å²) in [6, 6.07) is 3.52. The third-order valence-electron chi connectivity index (χ3n) is 2.57.